The van der Waals surface area contributed by atoms with Gasteiger partial charge in [-0.05, 0) is 35.6 Å². The quantitative estimate of drug-likeness (QED) is 0.789. The van der Waals surface area contributed by atoms with E-state index in [1.54, 1.807) is 30.3 Å². The Morgan fingerprint density at radius 2 is 1.70 bits per heavy atom. The molecule has 7 nitrogen and oxygen atoms in total. The van der Waals surface area contributed by atoms with Crippen LogP contribution >= 0.6 is 11.3 Å². The summed E-state index contributed by atoms with van der Waals surface area (Å²) in [7, 11) is 0. The third kappa shape index (κ3) is 3.22. The lowest BCUT2D eigenvalue weighted by Gasteiger charge is -2.00. The van der Waals surface area contributed by atoms with Crippen molar-refractivity contribution in [2.24, 2.45) is 0 Å². The Kier molecular flexibility index (Phi) is 4.07. The maximum atomic E-state index is 12.2. The van der Waals surface area contributed by atoms with Crippen molar-refractivity contribution >= 4 is 28.3 Å². The van der Waals surface area contributed by atoms with Gasteiger partial charge in [0.25, 0.3) is 11.8 Å². The van der Waals surface area contributed by atoms with Gasteiger partial charge in [-0.15, -0.1) is 9.78 Å². The van der Waals surface area contributed by atoms with Gasteiger partial charge < -0.3 is 0 Å². The summed E-state index contributed by atoms with van der Waals surface area (Å²) in [5.74, 6) is -0.975. The molecule has 8 heteroatoms. The second-order valence-corrected chi connectivity index (χ2v) is 5.39. The molecule has 0 aliphatic rings. The maximum Gasteiger partial charge on any atom is 0.334 e. The van der Waals surface area contributed by atoms with Crippen molar-refractivity contribution in [2.75, 3.05) is 5.32 Å². The molecule has 3 rings (SSSR count). The Balaban J connectivity index is 1.83. The molecule has 2 heterocycles. The average Bonchev–Trinajstić information content (AvgIpc) is 2.96. The van der Waals surface area contributed by atoms with Gasteiger partial charge in [0.05, 0.1) is 0 Å². The second-order valence-electron chi connectivity index (χ2n) is 4.45. The molecule has 0 saturated carbocycles. The zero-order valence-electron chi connectivity index (χ0n) is 11.7. The van der Waals surface area contributed by atoms with E-state index in [-0.39, 0.29) is 10.7 Å². The van der Waals surface area contributed by atoms with Crippen molar-refractivity contribution in [1.82, 2.24) is 14.8 Å². The minimum Gasteiger partial charge on any atom is -0.296 e. The second kappa shape index (κ2) is 6.32. The van der Waals surface area contributed by atoms with Crippen molar-refractivity contribution < 1.29 is 9.59 Å². The van der Waals surface area contributed by atoms with Crippen LogP contribution in [0.1, 0.15) is 20.7 Å². The van der Waals surface area contributed by atoms with Crippen LogP contribution in [0.3, 0.4) is 0 Å². The number of benzene rings is 1. The van der Waals surface area contributed by atoms with Crippen molar-refractivity contribution in [2.45, 2.75) is 0 Å². The lowest BCUT2D eigenvalue weighted by Crippen LogP contribution is -2.24. The lowest BCUT2D eigenvalue weighted by molar-refractivity contribution is 0.0940. The molecule has 114 valence electrons. The van der Waals surface area contributed by atoms with E-state index in [1.807, 2.05) is 0 Å². The molecule has 1 amide bonds. The molecule has 3 aromatic rings. The number of rotatable bonds is 3. The van der Waals surface area contributed by atoms with Gasteiger partial charge in [-0.1, -0.05) is 18.2 Å². The number of hydrogen-bond donors (Lipinski definition) is 1. The van der Waals surface area contributed by atoms with Gasteiger partial charge >= 0.3 is 4.87 Å². The lowest BCUT2D eigenvalue weighted by atomic mass is 10.2. The highest BCUT2D eigenvalue weighted by Gasteiger charge is 2.17. The zero-order valence-corrected chi connectivity index (χ0v) is 12.5. The number of amides is 1. The Labute approximate surface area is 134 Å². The fourth-order valence-electron chi connectivity index (χ4n) is 1.83. The van der Waals surface area contributed by atoms with Gasteiger partial charge in [-0.2, -0.15) is 0 Å². The highest BCUT2D eigenvalue weighted by atomic mass is 32.1. The molecule has 0 aliphatic heterocycles. The maximum absolute atomic E-state index is 12.2. The number of anilines is 1. The Hall–Kier alpha value is -3.13. The molecule has 0 spiro atoms. The van der Waals surface area contributed by atoms with Crippen molar-refractivity contribution in [3.05, 3.63) is 75.7 Å². The van der Waals surface area contributed by atoms with E-state index >= 15 is 0 Å². The molecule has 0 saturated heterocycles. The largest absolute Gasteiger partial charge is 0.334 e. The van der Waals surface area contributed by atoms with Gasteiger partial charge in [0, 0.05) is 23.5 Å². The zero-order chi connectivity index (χ0) is 16.2. The first-order valence-corrected chi connectivity index (χ1v) is 7.38. The number of aromatic nitrogens is 3. The summed E-state index contributed by atoms with van der Waals surface area (Å²) in [4.78, 5) is 39.4. The predicted octanol–water partition coefficient (Wildman–Crippen LogP) is 1.64. The summed E-state index contributed by atoms with van der Waals surface area (Å²) >= 11 is 0.688. The molecule has 23 heavy (non-hydrogen) atoms. The van der Waals surface area contributed by atoms with E-state index in [4.69, 9.17) is 0 Å². The monoisotopic (exact) mass is 326 g/mol. The first-order valence-electron chi connectivity index (χ1n) is 6.56. The molecule has 0 fully saturated rings. The molecule has 0 unspecified atom stereocenters. The first kappa shape index (κ1) is 14.8. The van der Waals surface area contributed by atoms with Crippen LogP contribution < -0.4 is 10.2 Å². The molecule has 2 aromatic heterocycles. The van der Waals surface area contributed by atoms with Crippen LogP contribution in [0.5, 0.6) is 0 Å². The van der Waals surface area contributed by atoms with Crippen molar-refractivity contribution in [1.29, 1.82) is 0 Å². The van der Waals surface area contributed by atoms with Crippen LogP contribution in [0.2, 0.25) is 0 Å². The fraction of sp³-hybridized carbons (Fsp3) is 0. The van der Waals surface area contributed by atoms with Crippen LogP contribution in [0.4, 0.5) is 5.13 Å². The Morgan fingerprint density at radius 3 is 2.39 bits per heavy atom. The van der Waals surface area contributed by atoms with Crippen LogP contribution in [0.15, 0.2) is 59.7 Å². The van der Waals surface area contributed by atoms with Crippen molar-refractivity contribution in [3.63, 3.8) is 0 Å². The summed E-state index contributed by atoms with van der Waals surface area (Å²) in [6.07, 6.45) is 2.89. The number of carbonyl (C=O) groups is 2. The normalized spacial score (nSPS) is 10.3. The summed E-state index contributed by atoms with van der Waals surface area (Å²) in [6, 6.07) is 11.5. The smallest absolute Gasteiger partial charge is 0.296 e. The average molecular weight is 326 g/mol. The third-order valence-corrected chi connectivity index (χ3v) is 3.65. The molecule has 1 aromatic carbocycles. The van der Waals surface area contributed by atoms with Gasteiger partial charge in [-0.3, -0.25) is 24.7 Å². The third-order valence-electron chi connectivity index (χ3n) is 2.92. The van der Waals surface area contributed by atoms with E-state index in [9.17, 15) is 14.4 Å². The van der Waals surface area contributed by atoms with Gasteiger partial charge in [0.15, 0.2) is 0 Å². The van der Waals surface area contributed by atoms with Gasteiger partial charge in [0.1, 0.15) is 0 Å². The van der Waals surface area contributed by atoms with Gasteiger partial charge in [0.2, 0.25) is 5.13 Å². The molecule has 0 aliphatic carbocycles. The molecular weight excluding hydrogens is 316 g/mol. The van der Waals surface area contributed by atoms with Crippen LogP contribution in [-0.4, -0.2) is 26.6 Å². The number of nitrogens with one attached hydrogen (secondary N) is 1. The minimum absolute atomic E-state index is 0.0614. The first-order chi connectivity index (χ1) is 11.1. The molecule has 0 atom stereocenters. The van der Waals surface area contributed by atoms with Crippen LogP contribution in [-0.2, 0) is 0 Å². The van der Waals surface area contributed by atoms with E-state index in [0.717, 1.165) is 4.68 Å². The number of carbonyl (C=O) groups excluding carboxylic acids is 2. The van der Waals surface area contributed by atoms with E-state index < -0.39 is 16.7 Å². The topological polar surface area (TPSA) is 93.9 Å². The summed E-state index contributed by atoms with van der Waals surface area (Å²) in [6.45, 7) is 0. The van der Waals surface area contributed by atoms with E-state index in [2.05, 4.69) is 15.4 Å². The predicted molar refractivity (Wildman–Crippen MR) is 84.7 cm³/mol. The SMILES string of the molecule is O=C(Nc1nn(C(=O)c2ccncc2)c(=O)s1)c1ccccc1. The molecule has 0 bridgehead atoms. The summed E-state index contributed by atoms with van der Waals surface area (Å²) < 4.78 is 0.723. The standard InChI is InChI=1S/C15H10N4O3S/c20-12(10-4-2-1-3-5-10)17-14-18-19(15(22)23-14)13(21)11-6-8-16-9-7-11/h1-9H,(H,17,18,20). The number of hydrogen-bond acceptors (Lipinski definition) is 6. The van der Waals surface area contributed by atoms with Gasteiger partial charge in [-0.25, -0.2) is 0 Å². The van der Waals surface area contributed by atoms with Crippen LogP contribution in [0.25, 0.3) is 0 Å². The van der Waals surface area contributed by atoms with Crippen molar-refractivity contribution in [3.8, 4) is 0 Å². The van der Waals surface area contributed by atoms with E-state index in [0.29, 0.717) is 16.9 Å². The Bertz CT molecular complexity index is 903. The highest BCUT2D eigenvalue weighted by molar-refractivity contribution is 7.13. The Morgan fingerprint density at radius 1 is 1.00 bits per heavy atom. The summed E-state index contributed by atoms with van der Waals surface area (Å²) in [5.41, 5.74) is 0.718. The molecule has 0 radical (unpaired) electrons. The molecule has 1 N–H and O–H groups in total. The highest BCUT2D eigenvalue weighted by Crippen LogP contribution is 2.10. The molecular formula is C15H10N4O3S. The number of nitrogens with zero attached hydrogens (tertiary/aromatic N) is 3. The van der Waals surface area contributed by atoms with E-state index in [1.165, 1.54) is 24.5 Å². The van der Waals surface area contributed by atoms with Crippen LogP contribution in [0, 0.1) is 0 Å². The summed E-state index contributed by atoms with van der Waals surface area (Å²) in [5, 5.41) is 6.44. The number of pyridine rings is 1. The fourth-order valence-corrected chi connectivity index (χ4v) is 2.47. The minimum atomic E-state index is -0.575.